The molecule has 4 rings (SSSR count). The Balaban J connectivity index is 1.67. The van der Waals surface area contributed by atoms with Crippen molar-refractivity contribution in [1.82, 2.24) is 0 Å². The molecule has 0 atom stereocenters. The van der Waals surface area contributed by atoms with Crippen molar-refractivity contribution in [1.29, 1.82) is 0 Å². The molecule has 0 saturated heterocycles. The Hall–Kier alpha value is -2.58. The van der Waals surface area contributed by atoms with Crippen LogP contribution in [0.15, 0.2) is 121 Å². The van der Waals surface area contributed by atoms with E-state index < -0.39 is 10.1 Å². The van der Waals surface area contributed by atoms with E-state index in [1.165, 1.54) is 0 Å². The van der Waals surface area contributed by atoms with E-state index in [0.29, 0.717) is 25.7 Å². The summed E-state index contributed by atoms with van der Waals surface area (Å²) in [4.78, 5) is 0. The fraction of sp³-hybridized carbons (Fsp3) is 0.200. The summed E-state index contributed by atoms with van der Waals surface area (Å²) < 4.78 is 6.77. The Labute approximate surface area is 207 Å². The lowest BCUT2D eigenvalue weighted by atomic mass is 9.97. The molecule has 4 aromatic rings. The summed E-state index contributed by atoms with van der Waals surface area (Å²) in [6.07, 6.45) is 2.18. The molecule has 0 saturated carbocycles. The van der Waals surface area contributed by atoms with Crippen LogP contribution in [-0.4, -0.2) is 10.1 Å². The number of hydrogen-bond acceptors (Lipinski definition) is 1. The van der Waals surface area contributed by atoms with Gasteiger partial charge in [0.15, 0.2) is 10.1 Å². The van der Waals surface area contributed by atoms with Crippen LogP contribution in [0, 0.1) is 0 Å². The Kier molecular flexibility index (Phi) is 7.88. The van der Waals surface area contributed by atoms with Crippen molar-refractivity contribution in [2.45, 2.75) is 35.8 Å². The lowest BCUT2D eigenvalue weighted by Crippen LogP contribution is -2.43. The van der Waals surface area contributed by atoms with Gasteiger partial charge in [-0.05, 0) is 22.3 Å². The highest BCUT2D eigenvalue weighted by Gasteiger charge is 2.40. The van der Waals surface area contributed by atoms with Crippen LogP contribution in [0.2, 0.25) is 0 Å². The SMILES string of the molecule is ClC(Cc1ccccc1)(Cc1ccccc1)OC(Cl)(Cc1ccccc1)Cc1ccccc1. The molecule has 4 aromatic carbocycles. The largest absolute Gasteiger partial charge is 0.337 e. The minimum Gasteiger partial charge on any atom is -0.337 e. The summed E-state index contributed by atoms with van der Waals surface area (Å²) in [5, 5.41) is -2.01. The normalized spacial score (nSPS) is 11.9. The van der Waals surface area contributed by atoms with Gasteiger partial charge in [0.1, 0.15) is 0 Å². The minimum absolute atomic E-state index is 0.544. The van der Waals surface area contributed by atoms with E-state index in [9.17, 15) is 0 Å². The molecular weight excluding hydrogens is 447 g/mol. The van der Waals surface area contributed by atoms with E-state index in [1.807, 2.05) is 72.8 Å². The Morgan fingerprint density at radius 1 is 0.394 bits per heavy atom. The lowest BCUT2D eigenvalue weighted by Gasteiger charge is -2.38. The van der Waals surface area contributed by atoms with E-state index in [1.54, 1.807) is 0 Å². The van der Waals surface area contributed by atoms with Gasteiger partial charge in [-0.2, -0.15) is 0 Å². The summed E-state index contributed by atoms with van der Waals surface area (Å²) in [5.41, 5.74) is 4.45. The lowest BCUT2D eigenvalue weighted by molar-refractivity contribution is -0.0658. The molecule has 1 nitrogen and oxygen atoms in total. The molecule has 0 unspecified atom stereocenters. The van der Waals surface area contributed by atoms with Gasteiger partial charge in [-0.3, -0.25) is 0 Å². The van der Waals surface area contributed by atoms with Crippen molar-refractivity contribution in [2.75, 3.05) is 0 Å². The van der Waals surface area contributed by atoms with Gasteiger partial charge >= 0.3 is 0 Å². The average molecular weight is 475 g/mol. The zero-order valence-corrected chi connectivity index (χ0v) is 20.1. The van der Waals surface area contributed by atoms with Gasteiger partial charge in [0.25, 0.3) is 0 Å². The number of hydrogen-bond donors (Lipinski definition) is 0. The van der Waals surface area contributed by atoms with Crippen LogP contribution in [0.25, 0.3) is 0 Å². The third-order valence-electron chi connectivity index (χ3n) is 5.61. The third kappa shape index (κ3) is 7.20. The Morgan fingerprint density at radius 3 is 0.818 bits per heavy atom. The first-order valence-electron chi connectivity index (χ1n) is 11.3. The van der Waals surface area contributed by atoms with Gasteiger partial charge < -0.3 is 4.74 Å². The van der Waals surface area contributed by atoms with Crippen LogP contribution in [0.5, 0.6) is 0 Å². The monoisotopic (exact) mass is 474 g/mol. The number of ether oxygens (including phenoxy) is 1. The first-order valence-corrected chi connectivity index (χ1v) is 12.0. The highest BCUT2D eigenvalue weighted by atomic mass is 35.5. The van der Waals surface area contributed by atoms with Crippen LogP contribution in [0.4, 0.5) is 0 Å². The Bertz CT molecular complexity index is 925. The molecule has 0 aliphatic rings. The van der Waals surface area contributed by atoms with Crippen molar-refractivity contribution < 1.29 is 4.74 Å². The van der Waals surface area contributed by atoms with E-state index in [2.05, 4.69) is 48.5 Å². The maximum absolute atomic E-state index is 7.32. The highest BCUT2D eigenvalue weighted by molar-refractivity contribution is 6.25. The molecule has 0 aliphatic carbocycles. The summed E-state index contributed by atoms with van der Waals surface area (Å²) in [5.74, 6) is 0. The predicted octanol–water partition coefficient (Wildman–Crippen LogP) is 7.84. The molecule has 0 fully saturated rings. The fourth-order valence-electron chi connectivity index (χ4n) is 4.20. The molecule has 0 spiro atoms. The van der Waals surface area contributed by atoms with Crippen molar-refractivity contribution in [2.24, 2.45) is 0 Å². The van der Waals surface area contributed by atoms with E-state index in [-0.39, 0.29) is 0 Å². The molecule has 168 valence electrons. The number of halogens is 2. The second kappa shape index (κ2) is 11.0. The van der Waals surface area contributed by atoms with Gasteiger partial charge in [0.05, 0.1) is 0 Å². The van der Waals surface area contributed by atoms with Gasteiger partial charge in [0, 0.05) is 25.7 Å². The Morgan fingerprint density at radius 2 is 0.606 bits per heavy atom. The van der Waals surface area contributed by atoms with Crippen LogP contribution in [0.3, 0.4) is 0 Å². The molecule has 0 bridgehead atoms. The summed E-state index contributed by atoms with van der Waals surface area (Å²) >= 11 is 14.6. The van der Waals surface area contributed by atoms with Crippen LogP contribution in [0.1, 0.15) is 22.3 Å². The second-order valence-electron chi connectivity index (χ2n) is 8.52. The van der Waals surface area contributed by atoms with E-state index in [0.717, 1.165) is 22.3 Å². The summed E-state index contributed by atoms with van der Waals surface area (Å²) in [7, 11) is 0. The second-order valence-corrected chi connectivity index (χ2v) is 9.90. The predicted molar refractivity (Wildman–Crippen MR) is 139 cm³/mol. The summed E-state index contributed by atoms with van der Waals surface area (Å²) in [6.45, 7) is 0. The average Bonchev–Trinajstić information content (AvgIpc) is 2.81. The highest BCUT2D eigenvalue weighted by Crippen LogP contribution is 2.38. The fourth-order valence-corrected chi connectivity index (χ4v) is 5.15. The molecule has 33 heavy (non-hydrogen) atoms. The van der Waals surface area contributed by atoms with Crippen molar-refractivity contribution in [3.8, 4) is 0 Å². The minimum atomic E-state index is -1.01. The third-order valence-corrected chi connectivity index (χ3v) is 6.30. The molecule has 3 heteroatoms. The number of benzene rings is 4. The molecule has 0 aromatic heterocycles. The standard InChI is InChI=1S/C30H28Cl2O/c31-29(21-25-13-5-1-6-14-25,22-26-15-7-2-8-16-26)33-30(32,23-27-17-9-3-10-18-27)24-28-19-11-4-12-20-28/h1-20H,21-24H2. The zero-order chi connectivity index (χ0) is 23.0. The van der Waals surface area contributed by atoms with Gasteiger partial charge in [-0.15, -0.1) is 0 Å². The molecule has 0 amide bonds. The smallest absolute Gasteiger partial charge is 0.152 e. The van der Waals surface area contributed by atoms with E-state index in [4.69, 9.17) is 27.9 Å². The molecule has 0 N–H and O–H groups in total. The van der Waals surface area contributed by atoms with Crippen LogP contribution in [-0.2, 0) is 30.4 Å². The first-order chi connectivity index (χ1) is 16.0. The van der Waals surface area contributed by atoms with E-state index >= 15 is 0 Å². The van der Waals surface area contributed by atoms with Gasteiger partial charge in [-0.1, -0.05) is 145 Å². The van der Waals surface area contributed by atoms with Crippen LogP contribution >= 0.6 is 23.2 Å². The maximum atomic E-state index is 7.32. The van der Waals surface area contributed by atoms with Crippen molar-refractivity contribution in [3.05, 3.63) is 144 Å². The molecule has 0 radical (unpaired) electrons. The van der Waals surface area contributed by atoms with Gasteiger partial charge in [-0.25, -0.2) is 0 Å². The van der Waals surface area contributed by atoms with Crippen molar-refractivity contribution in [3.63, 3.8) is 0 Å². The van der Waals surface area contributed by atoms with Gasteiger partial charge in [0.2, 0.25) is 0 Å². The number of alkyl halides is 2. The molecular formula is C30H28Cl2O. The topological polar surface area (TPSA) is 9.23 Å². The maximum Gasteiger partial charge on any atom is 0.152 e. The molecule has 0 aliphatic heterocycles. The first kappa shape index (κ1) is 23.6. The van der Waals surface area contributed by atoms with Crippen LogP contribution < -0.4 is 0 Å². The quantitative estimate of drug-likeness (QED) is 0.212. The summed E-state index contributed by atoms with van der Waals surface area (Å²) in [6, 6.07) is 40.9. The number of rotatable bonds is 10. The molecule has 0 heterocycles. The zero-order valence-electron chi connectivity index (χ0n) is 18.5. The van der Waals surface area contributed by atoms with Crippen molar-refractivity contribution >= 4 is 23.2 Å².